The maximum atomic E-state index is 13.0. The normalized spacial score (nSPS) is 15.3. The van der Waals surface area contributed by atoms with Crippen molar-refractivity contribution in [3.05, 3.63) is 0 Å². The molecule has 0 radical (unpaired) electrons. The molecular weight excluding hydrogens is 323 g/mol. The first kappa shape index (κ1) is 24.1. The van der Waals surface area contributed by atoms with E-state index in [0.29, 0.717) is 25.3 Å². The van der Waals surface area contributed by atoms with E-state index in [2.05, 4.69) is 20.8 Å². The van der Waals surface area contributed by atoms with E-state index in [0.717, 1.165) is 51.6 Å². The molecule has 0 fully saturated rings. The van der Waals surface area contributed by atoms with Gasteiger partial charge in [0.2, 0.25) is 0 Å². The highest BCUT2D eigenvalue weighted by atomic mass is 31.2. The Bertz CT molecular complexity index is 310. The quantitative estimate of drug-likeness (QED) is 0.207. The molecule has 0 rings (SSSR count). The van der Waals surface area contributed by atoms with Gasteiger partial charge in [0.05, 0.1) is 19.4 Å². The lowest BCUT2D eigenvalue weighted by Crippen LogP contribution is -2.13. The summed E-state index contributed by atoms with van der Waals surface area (Å²) in [5.41, 5.74) is 0. The van der Waals surface area contributed by atoms with E-state index in [1.807, 2.05) is 0 Å². The van der Waals surface area contributed by atoms with Crippen molar-refractivity contribution in [3.8, 4) is 0 Å². The van der Waals surface area contributed by atoms with Gasteiger partial charge >= 0.3 is 7.60 Å². The van der Waals surface area contributed by atoms with Crippen LogP contribution < -0.4 is 0 Å². The zero-order valence-electron chi connectivity index (χ0n) is 16.6. The third kappa shape index (κ3) is 13.4. The number of hydrogen-bond donors (Lipinski definition) is 0. The van der Waals surface area contributed by atoms with E-state index in [9.17, 15) is 4.57 Å². The van der Waals surface area contributed by atoms with Gasteiger partial charge in [-0.3, -0.25) is 4.57 Å². The summed E-state index contributed by atoms with van der Waals surface area (Å²) in [5.74, 6) is 0.408. The number of methoxy groups -OCH3 is 1. The summed E-state index contributed by atoms with van der Waals surface area (Å²) in [5, 5.41) is 0. The van der Waals surface area contributed by atoms with Crippen LogP contribution in [0.15, 0.2) is 0 Å². The Morgan fingerprint density at radius 2 is 1.46 bits per heavy atom. The smallest absolute Gasteiger partial charge is 0.330 e. The van der Waals surface area contributed by atoms with Crippen molar-refractivity contribution in [2.75, 3.05) is 33.1 Å². The lowest BCUT2D eigenvalue weighted by Gasteiger charge is -2.22. The van der Waals surface area contributed by atoms with Crippen LogP contribution in [0.4, 0.5) is 0 Å². The highest BCUT2D eigenvalue weighted by molar-refractivity contribution is 7.53. The van der Waals surface area contributed by atoms with Crippen LogP contribution in [0.3, 0.4) is 0 Å². The molecule has 0 bridgehead atoms. The summed E-state index contributed by atoms with van der Waals surface area (Å²) in [6.45, 7) is 8.28. The van der Waals surface area contributed by atoms with Gasteiger partial charge in [0.25, 0.3) is 0 Å². The number of unbranched alkanes of at least 4 members (excludes halogenated alkanes) is 5. The molecule has 0 aromatic heterocycles. The topological polar surface area (TPSA) is 44.8 Å². The van der Waals surface area contributed by atoms with Crippen LogP contribution in [0, 0.1) is 5.92 Å². The van der Waals surface area contributed by atoms with Crippen molar-refractivity contribution < 1.29 is 18.3 Å². The minimum absolute atomic E-state index is 0.408. The monoisotopic (exact) mass is 364 g/mol. The van der Waals surface area contributed by atoms with Gasteiger partial charge in [-0.25, -0.2) is 0 Å². The highest BCUT2D eigenvalue weighted by Crippen LogP contribution is 2.49. The lowest BCUT2D eigenvalue weighted by atomic mass is 9.99. The van der Waals surface area contributed by atoms with Crippen molar-refractivity contribution in [3.63, 3.8) is 0 Å². The van der Waals surface area contributed by atoms with Gasteiger partial charge < -0.3 is 13.8 Å². The second-order valence-electron chi connectivity index (χ2n) is 6.67. The van der Waals surface area contributed by atoms with E-state index >= 15 is 0 Å². The molecule has 0 aliphatic carbocycles. The number of rotatable bonds is 18. The summed E-state index contributed by atoms with van der Waals surface area (Å²) in [7, 11) is -1.21. The molecule has 0 N–H and O–H groups in total. The molecule has 0 aliphatic rings. The van der Waals surface area contributed by atoms with Crippen LogP contribution in [0.5, 0.6) is 0 Å². The number of ether oxygens (including phenoxy) is 1. The average Bonchev–Trinajstić information content (AvgIpc) is 2.59. The fraction of sp³-hybridized carbons (Fsp3) is 1.00. The van der Waals surface area contributed by atoms with E-state index in [1.165, 1.54) is 19.3 Å². The van der Waals surface area contributed by atoms with Gasteiger partial charge in [0.15, 0.2) is 0 Å². The molecule has 0 aromatic rings. The van der Waals surface area contributed by atoms with Gasteiger partial charge in [0, 0.05) is 13.7 Å². The predicted octanol–water partition coefficient (Wildman–Crippen LogP) is 6.44. The Morgan fingerprint density at radius 3 is 2.08 bits per heavy atom. The Hall–Kier alpha value is 0.110. The molecule has 5 heteroatoms. The third-order valence-corrected chi connectivity index (χ3v) is 6.26. The Labute approximate surface area is 150 Å². The lowest BCUT2D eigenvalue weighted by molar-refractivity contribution is 0.134. The average molecular weight is 365 g/mol. The maximum absolute atomic E-state index is 13.0. The van der Waals surface area contributed by atoms with Gasteiger partial charge in [-0.05, 0) is 31.6 Å². The van der Waals surface area contributed by atoms with Crippen molar-refractivity contribution in [1.82, 2.24) is 0 Å². The van der Waals surface area contributed by atoms with Gasteiger partial charge in [0.1, 0.15) is 0 Å². The second-order valence-corrected chi connectivity index (χ2v) is 8.85. The molecule has 2 atom stereocenters. The first-order valence-corrected chi connectivity index (χ1v) is 11.7. The molecule has 24 heavy (non-hydrogen) atoms. The molecule has 0 aromatic carbocycles. The molecule has 4 nitrogen and oxygen atoms in total. The molecule has 0 saturated heterocycles. The van der Waals surface area contributed by atoms with Crippen LogP contribution in [-0.2, 0) is 18.3 Å². The van der Waals surface area contributed by atoms with Crippen molar-refractivity contribution in [1.29, 1.82) is 0 Å². The fourth-order valence-corrected chi connectivity index (χ4v) is 4.45. The van der Waals surface area contributed by atoms with E-state index < -0.39 is 7.60 Å². The molecule has 0 amide bonds. The minimum atomic E-state index is -2.94. The standard InChI is InChI=1S/C19H41O4P/c1-5-8-11-13-19(14-16-21-4)18-23-24(20,17-10-7-3)22-15-12-9-6-2/h19H,5-18H2,1-4H3. The highest BCUT2D eigenvalue weighted by Gasteiger charge is 2.25. The zero-order valence-corrected chi connectivity index (χ0v) is 17.5. The van der Waals surface area contributed by atoms with Crippen LogP contribution in [-0.4, -0.2) is 33.1 Å². The van der Waals surface area contributed by atoms with Crippen molar-refractivity contribution >= 4 is 7.60 Å². The molecule has 2 unspecified atom stereocenters. The maximum Gasteiger partial charge on any atom is 0.330 e. The summed E-state index contributed by atoms with van der Waals surface area (Å²) in [6, 6.07) is 0. The van der Waals surface area contributed by atoms with Crippen LogP contribution in [0.1, 0.15) is 85.0 Å². The van der Waals surface area contributed by atoms with Gasteiger partial charge in [-0.1, -0.05) is 59.3 Å². The van der Waals surface area contributed by atoms with E-state index in [1.54, 1.807) is 7.11 Å². The zero-order chi connectivity index (χ0) is 18.1. The molecule has 0 saturated carbocycles. The first-order chi connectivity index (χ1) is 11.6. The Balaban J connectivity index is 4.43. The Morgan fingerprint density at radius 1 is 0.792 bits per heavy atom. The summed E-state index contributed by atoms with van der Waals surface area (Å²) in [6.07, 6.45) is 11.4. The fourth-order valence-electron chi connectivity index (χ4n) is 2.57. The molecule has 0 heterocycles. The third-order valence-electron chi connectivity index (χ3n) is 4.27. The molecular formula is C19H41O4P. The van der Waals surface area contributed by atoms with Crippen LogP contribution >= 0.6 is 7.60 Å². The summed E-state index contributed by atoms with van der Waals surface area (Å²) < 4.78 is 29.8. The SMILES string of the molecule is CCCCCOP(=O)(CCCC)OCC(CCCCC)CCOC. The van der Waals surface area contributed by atoms with E-state index in [-0.39, 0.29) is 0 Å². The Kier molecular flexibility index (Phi) is 16.6. The molecule has 0 spiro atoms. The first-order valence-electron chi connectivity index (χ1n) is 9.98. The largest absolute Gasteiger partial charge is 0.385 e. The molecule has 0 aliphatic heterocycles. The minimum Gasteiger partial charge on any atom is -0.385 e. The van der Waals surface area contributed by atoms with Crippen molar-refractivity contribution in [2.45, 2.75) is 85.0 Å². The van der Waals surface area contributed by atoms with Crippen LogP contribution in [0.2, 0.25) is 0 Å². The van der Waals surface area contributed by atoms with Crippen molar-refractivity contribution in [2.24, 2.45) is 5.92 Å². The summed E-state index contributed by atoms with van der Waals surface area (Å²) >= 11 is 0. The van der Waals surface area contributed by atoms with Gasteiger partial charge in [-0.15, -0.1) is 0 Å². The van der Waals surface area contributed by atoms with Crippen LogP contribution in [0.25, 0.3) is 0 Å². The molecule has 146 valence electrons. The second kappa shape index (κ2) is 16.6. The van der Waals surface area contributed by atoms with E-state index in [4.69, 9.17) is 13.8 Å². The number of hydrogen-bond acceptors (Lipinski definition) is 4. The van der Waals surface area contributed by atoms with Gasteiger partial charge in [-0.2, -0.15) is 0 Å². The predicted molar refractivity (Wildman–Crippen MR) is 103 cm³/mol. The summed E-state index contributed by atoms with van der Waals surface area (Å²) in [4.78, 5) is 0.